The van der Waals surface area contributed by atoms with Crippen LogP contribution in [0.3, 0.4) is 0 Å². The van der Waals surface area contributed by atoms with Crippen molar-refractivity contribution in [3.8, 4) is 0 Å². The van der Waals surface area contributed by atoms with E-state index in [0.717, 1.165) is 44.8 Å². The Labute approximate surface area is 209 Å². The molecule has 190 valence electrons. The maximum absolute atomic E-state index is 14.2. The molecule has 2 aliphatic heterocycles. The number of amides is 2. The summed E-state index contributed by atoms with van der Waals surface area (Å²) in [7, 11) is 6.29. The molecular formula is C28H40FN5O. The summed E-state index contributed by atoms with van der Waals surface area (Å²) in [5.41, 5.74) is 2.88. The van der Waals surface area contributed by atoms with E-state index in [0.29, 0.717) is 25.2 Å². The molecule has 0 unspecified atom stereocenters. The fraction of sp³-hybridized carbons (Fsp3) is 0.536. The first kappa shape index (κ1) is 25.6. The maximum Gasteiger partial charge on any atom is 0.320 e. The van der Waals surface area contributed by atoms with Gasteiger partial charge in [-0.05, 0) is 50.8 Å². The summed E-state index contributed by atoms with van der Waals surface area (Å²) in [6, 6.07) is 16.3. The number of aryl methyl sites for hydroxylation is 1. The molecule has 0 radical (unpaired) electrons. The molecule has 2 aliphatic rings. The molecule has 2 aromatic rings. The second kappa shape index (κ2) is 11.5. The van der Waals surface area contributed by atoms with Crippen molar-refractivity contribution in [1.29, 1.82) is 0 Å². The largest absolute Gasteiger partial charge is 0.322 e. The summed E-state index contributed by atoms with van der Waals surface area (Å²) < 4.78 is 14.2. The van der Waals surface area contributed by atoms with E-state index in [1.807, 2.05) is 28.0 Å². The molecule has 6 nitrogen and oxygen atoms in total. The van der Waals surface area contributed by atoms with E-state index in [1.54, 1.807) is 13.0 Å². The maximum atomic E-state index is 14.2. The van der Waals surface area contributed by atoms with Crippen molar-refractivity contribution in [3.05, 3.63) is 71.0 Å². The molecule has 0 N–H and O–H groups in total. The number of rotatable bonds is 7. The molecule has 0 saturated carbocycles. The van der Waals surface area contributed by atoms with Gasteiger partial charge in [-0.2, -0.15) is 0 Å². The van der Waals surface area contributed by atoms with E-state index in [1.165, 1.54) is 5.56 Å². The zero-order chi connectivity index (χ0) is 24.9. The molecule has 35 heavy (non-hydrogen) atoms. The normalized spacial score (nSPS) is 21.3. The highest BCUT2D eigenvalue weighted by Gasteiger charge is 2.40. The summed E-state index contributed by atoms with van der Waals surface area (Å²) in [5, 5.41) is 0. The third-order valence-electron chi connectivity index (χ3n) is 7.53. The summed E-state index contributed by atoms with van der Waals surface area (Å²) in [5.74, 6) is 0.0604. The van der Waals surface area contributed by atoms with Crippen molar-refractivity contribution < 1.29 is 9.18 Å². The summed E-state index contributed by atoms with van der Waals surface area (Å²) in [6.07, 6.45) is 0. The van der Waals surface area contributed by atoms with Gasteiger partial charge in [0.25, 0.3) is 0 Å². The van der Waals surface area contributed by atoms with Gasteiger partial charge in [0.1, 0.15) is 5.82 Å². The van der Waals surface area contributed by atoms with E-state index in [4.69, 9.17) is 0 Å². The minimum Gasteiger partial charge on any atom is -0.322 e. The monoisotopic (exact) mass is 481 g/mol. The average Bonchev–Trinajstić information content (AvgIpc) is 3.31. The van der Waals surface area contributed by atoms with Crippen LogP contribution in [-0.2, 0) is 6.54 Å². The van der Waals surface area contributed by atoms with Gasteiger partial charge in [0.05, 0.1) is 0 Å². The highest BCUT2D eigenvalue weighted by molar-refractivity contribution is 5.75. The number of nitrogens with zero attached hydrogens (tertiary/aromatic N) is 5. The Morgan fingerprint density at radius 3 is 2.34 bits per heavy atom. The van der Waals surface area contributed by atoms with Gasteiger partial charge in [-0.25, -0.2) is 9.18 Å². The van der Waals surface area contributed by atoms with Crippen molar-refractivity contribution in [3.63, 3.8) is 0 Å². The standard InChI is InChI=1S/C28H40FN5O/c1-22-10-11-23(18-26(22)29)19-31(4)27-21-34(20-25(27)24-8-6-5-7-9-24)28(35)33-16-14-32(15-17-33)13-12-30(2)3/h5-11,18,25,27H,12-17,19-21H2,1-4H3/t25-,27+/m1/s1. The lowest BCUT2D eigenvalue weighted by Gasteiger charge is -2.37. The van der Waals surface area contributed by atoms with Gasteiger partial charge in [-0.1, -0.05) is 42.5 Å². The molecule has 2 atom stereocenters. The Morgan fingerprint density at radius 2 is 1.69 bits per heavy atom. The summed E-state index contributed by atoms with van der Waals surface area (Å²) in [4.78, 5) is 24.5. The first-order valence-electron chi connectivity index (χ1n) is 12.7. The lowest BCUT2D eigenvalue weighted by Crippen LogP contribution is -2.53. The first-order valence-corrected chi connectivity index (χ1v) is 12.7. The number of likely N-dealkylation sites (tertiary alicyclic amines) is 1. The van der Waals surface area contributed by atoms with Crippen molar-refractivity contribution in [1.82, 2.24) is 24.5 Å². The SMILES string of the molecule is Cc1ccc(CN(C)[C@H]2CN(C(=O)N3CCN(CCN(C)C)CC3)C[C@@H]2c2ccccc2)cc1F. The van der Waals surface area contributed by atoms with Crippen molar-refractivity contribution >= 4 is 6.03 Å². The minimum absolute atomic E-state index is 0.149. The second-order valence-corrected chi connectivity index (χ2v) is 10.4. The molecule has 2 heterocycles. The number of carbonyl (C=O) groups excluding carboxylic acids is 1. The molecule has 2 amide bonds. The van der Waals surface area contributed by atoms with Crippen LogP contribution >= 0.6 is 0 Å². The van der Waals surface area contributed by atoms with Gasteiger partial charge < -0.3 is 14.7 Å². The number of hydrogen-bond donors (Lipinski definition) is 0. The van der Waals surface area contributed by atoms with Crippen LogP contribution < -0.4 is 0 Å². The molecule has 7 heteroatoms. The van der Waals surface area contributed by atoms with Gasteiger partial charge in [-0.15, -0.1) is 0 Å². The number of piperazine rings is 1. The predicted octanol–water partition coefficient (Wildman–Crippen LogP) is 3.33. The lowest BCUT2D eigenvalue weighted by atomic mass is 9.93. The van der Waals surface area contributed by atoms with Crippen LogP contribution in [0.4, 0.5) is 9.18 Å². The van der Waals surface area contributed by atoms with E-state index in [-0.39, 0.29) is 23.8 Å². The summed E-state index contributed by atoms with van der Waals surface area (Å²) >= 11 is 0. The zero-order valence-corrected chi connectivity index (χ0v) is 21.7. The fourth-order valence-electron chi connectivity index (χ4n) is 5.26. The Morgan fingerprint density at radius 1 is 0.971 bits per heavy atom. The van der Waals surface area contributed by atoms with E-state index < -0.39 is 0 Å². The average molecular weight is 482 g/mol. The molecule has 4 rings (SSSR count). The molecule has 0 spiro atoms. The zero-order valence-electron chi connectivity index (χ0n) is 21.7. The predicted molar refractivity (Wildman–Crippen MR) is 139 cm³/mol. The number of hydrogen-bond acceptors (Lipinski definition) is 4. The van der Waals surface area contributed by atoms with Crippen LogP contribution in [0.15, 0.2) is 48.5 Å². The third-order valence-corrected chi connectivity index (χ3v) is 7.53. The highest BCUT2D eigenvalue weighted by atomic mass is 19.1. The number of likely N-dealkylation sites (N-methyl/N-ethyl adjacent to an activating group) is 2. The van der Waals surface area contributed by atoms with Gasteiger partial charge in [0.15, 0.2) is 0 Å². The topological polar surface area (TPSA) is 33.3 Å². The Kier molecular flexibility index (Phi) is 8.42. The van der Waals surface area contributed by atoms with Gasteiger partial charge >= 0.3 is 6.03 Å². The quantitative estimate of drug-likeness (QED) is 0.608. The number of carbonyl (C=O) groups is 1. The third kappa shape index (κ3) is 6.40. The number of halogens is 1. The lowest BCUT2D eigenvalue weighted by molar-refractivity contribution is 0.112. The van der Waals surface area contributed by atoms with Crippen LogP contribution in [0.5, 0.6) is 0 Å². The van der Waals surface area contributed by atoms with E-state index in [2.05, 4.69) is 60.1 Å². The van der Waals surface area contributed by atoms with Crippen molar-refractivity contribution in [2.45, 2.75) is 25.4 Å². The van der Waals surface area contributed by atoms with Crippen LogP contribution in [-0.4, -0.2) is 110 Å². The molecule has 0 aliphatic carbocycles. The Balaban J connectivity index is 1.43. The molecule has 0 aromatic heterocycles. The first-order chi connectivity index (χ1) is 16.8. The van der Waals surface area contributed by atoms with Crippen LogP contribution in [0.1, 0.15) is 22.6 Å². The number of urea groups is 1. The van der Waals surface area contributed by atoms with Crippen LogP contribution in [0, 0.1) is 12.7 Å². The van der Waals surface area contributed by atoms with Crippen molar-refractivity contribution in [2.75, 3.05) is 73.5 Å². The van der Waals surface area contributed by atoms with Gasteiger partial charge in [-0.3, -0.25) is 9.80 Å². The van der Waals surface area contributed by atoms with Crippen LogP contribution in [0.2, 0.25) is 0 Å². The van der Waals surface area contributed by atoms with Crippen molar-refractivity contribution in [2.24, 2.45) is 0 Å². The molecular weight excluding hydrogens is 441 g/mol. The summed E-state index contributed by atoms with van der Waals surface area (Å²) in [6.45, 7) is 9.33. The molecule has 2 fully saturated rings. The molecule has 2 aromatic carbocycles. The second-order valence-electron chi connectivity index (χ2n) is 10.4. The van der Waals surface area contributed by atoms with Gasteiger partial charge in [0.2, 0.25) is 0 Å². The Bertz CT molecular complexity index is 977. The van der Waals surface area contributed by atoms with Gasteiger partial charge in [0, 0.05) is 70.9 Å². The minimum atomic E-state index is -0.163. The van der Waals surface area contributed by atoms with Crippen LogP contribution in [0.25, 0.3) is 0 Å². The highest BCUT2D eigenvalue weighted by Crippen LogP contribution is 2.32. The number of benzene rings is 2. The fourth-order valence-corrected chi connectivity index (χ4v) is 5.26. The van der Waals surface area contributed by atoms with E-state index in [9.17, 15) is 9.18 Å². The molecule has 2 saturated heterocycles. The smallest absolute Gasteiger partial charge is 0.320 e. The molecule has 0 bridgehead atoms. The Hall–Kier alpha value is -2.48. The van der Waals surface area contributed by atoms with E-state index >= 15 is 0 Å².